The van der Waals surface area contributed by atoms with Crippen LogP contribution in [0.2, 0.25) is 0 Å². The van der Waals surface area contributed by atoms with Crippen molar-refractivity contribution in [1.29, 1.82) is 0 Å². The maximum absolute atomic E-state index is 4.67. The van der Waals surface area contributed by atoms with Gasteiger partial charge in [-0.15, -0.1) is 0 Å². The fraction of sp³-hybridized carbons (Fsp3) is 0.526. The fourth-order valence-electron chi connectivity index (χ4n) is 3.78. The van der Waals surface area contributed by atoms with E-state index < -0.39 is 0 Å². The van der Waals surface area contributed by atoms with Crippen molar-refractivity contribution < 1.29 is 0 Å². The van der Waals surface area contributed by atoms with Crippen LogP contribution in [0, 0.1) is 13.8 Å². The summed E-state index contributed by atoms with van der Waals surface area (Å²) in [5.41, 5.74) is 3.82. The van der Waals surface area contributed by atoms with Gasteiger partial charge in [-0.05, 0) is 33.0 Å². The molecule has 1 atom stereocenters. The molecule has 1 aromatic heterocycles. The Morgan fingerprint density at radius 2 is 1.75 bits per heavy atom. The summed E-state index contributed by atoms with van der Waals surface area (Å²) in [5, 5.41) is 3.37. The van der Waals surface area contributed by atoms with E-state index in [9.17, 15) is 0 Å². The van der Waals surface area contributed by atoms with Crippen LogP contribution in [-0.4, -0.2) is 54.2 Å². The van der Waals surface area contributed by atoms with Gasteiger partial charge in [-0.1, -0.05) is 18.2 Å². The third kappa shape index (κ3) is 3.32. The number of piperazine rings is 1. The third-order valence-electron chi connectivity index (χ3n) is 5.14. The lowest BCUT2D eigenvalue weighted by Gasteiger charge is -2.40. The average molecular weight is 327 g/mol. The predicted molar refractivity (Wildman–Crippen MR) is 99.6 cm³/mol. The van der Waals surface area contributed by atoms with Crippen LogP contribution in [-0.2, 0) is 7.05 Å². The Hall–Kier alpha value is -1.85. The summed E-state index contributed by atoms with van der Waals surface area (Å²) in [4.78, 5) is 9.75. The van der Waals surface area contributed by atoms with Crippen molar-refractivity contribution in [2.24, 2.45) is 7.05 Å². The standard InChI is InChI=1S/C19H29N5/c1-15-19(22(4)16(2)21-15)18(14-20-3)24-12-10-23(11-13-24)17-8-6-5-7-9-17/h5-9,18,20H,10-14H2,1-4H3. The van der Waals surface area contributed by atoms with E-state index in [1.165, 1.54) is 11.4 Å². The number of imidazole rings is 1. The third-order valence-corrected chi connectivity index (χ3v) is 5.14. The summed E-state index contributed by atoms with van der Waals surface area (Å²) in [6, 6.07) is 11.1. The highest BCUT2D eigenvalue weighted by Gasteiger charge is 2.28. The van der Waals surface area contributed by atoms with Crippen molar-refractivity contribution in [2.45, 2.75) is 19.9 Å². The molecule has 5 heteroatoms. The van der Waals surface area contributed by atoms with Crippen molar-refractivity contribution in [1.82, 2.24) is 19.8 Å². The maximum Gasteiger partial charge on any atom is 0.105 e. The number of anilines is 1. The second kappa shape index (κ2) is 7.36. The van der Waals surface area contributed by atoms with E-state index in [0.29, 0.717) is 6.04 Å². The van der Waals surface area contributed by atoms with Gasteiger partial charge in [0.2, 0.25) is 0 Å². The number of benzene rings is 1. The van der Waals surface area contributed by atoms with Gasteiger partial charge < -0.3 is 14.8 Å². The summed E-state index contributed by atoms with van der Waals surface area (Å²) >= 11 is 0. The Labute approximate surface area is 145 Å². The van der Waals surface area contributed by atoms with Crippen molar-refractivity contribution >= 4 is 5.69 Å². The zero-order valence-corrected chi connectivity index (χ0v) is 15.3. The molecule has 0 amide bonds. The summed E-state index contributed by atoms with van der Waals surface area (Å²) in [6.07, 6.45) is 0. The Kier molecular flexibility index (Phi) is 5.21. The van der Waals surface area contributed by atoms with Crippen LogP contribution >= 0.6 is 0 Å². The van der Waals surface area contributed by atoms with Crippen LogP contribution in [0.1, 0.15) is 23.3 Å². The van der Waals surface area contributed by atoms with E-state index in [1.54, 1.807) is 0 Å². The van der Waals surface area contributed by atoms with Crippen LogP contribution in [0.3, 0.4) is 0 Å². The number of nitrogens with zero attached hydrogens (tertiary/aromatic N) is 4. The lowest BCUT2D eigenvalue weighted by Crippen LogP contribution is -2.49. The molecule has 0 bridgehead atoms. The largest absolute Gasteiger partial charge is 0.369 e. The molecule has 5 nitrogen and oxygen atoms in total. The number of likely N-dealkylation sites (N-methyl/N-ethyl adjacent to an activating group) is 1. The molecule has 0 radical (unpaired) electrons. The molecule has 0 aliphatic carbocycles. The van der Waals surface area contributed by atoms with Crippen LogP contribution in [0.5, 0.6) is 0 Å². The average Bonchev–Trinajstić information content (AvgIpc) is 2.86. The number of hydrogen-bond donors (Lipinski definition) is 1. The van der Waals surface area contributed by atoms with Crippen LogP contribution in [0.25, 0.3) is 0 Å². The lowest BCUT2D eigenvalue weighted by atomic mass is 10.1. The van der Waals surface area contributed by atoms with Gasteiger partial charge in [0.25, 0.3) is 0 Å². The number of aromatic nitrogens is 2. The fourth-order valence-corrected chi connectivity index (χ4v) is 3.78. The van der Waals surface area contributed by atoms with Gasteiger partial charge in [0.05, 0.1) is 17.4 Å². The number of aryl methyl sites for hydroxylation is 2. The van der Waals surface area contributed by atoms with Gasteiger partial charge in [-0.3, -0.25) is 4.90 Å². The molecular formula is C19H29N5. The van der Waals surface area contributed by atoms with E-state index in [4.69, 9.17) is 0 Å². The zero-order valence-electron chi connectivity index (χ0n) is 15.3. The monoisotopic (exact) mass is 327 g/mol. The minimum atomic E-state index is 0.374. The Morgan fingerprint density at radius 3 is 2.29 bits per heavy atom. The second-order valence-electron chi connectivity index (χ2n) is 6.62. The number of para-hydroxylation sites is 1. The molecule has 2 heterocycles. The molecule has 24 heavy (non-hydrogen) atoms. The molecule has 2 aromatic rings. The molecule has 1 fully saturated rings. The molecule has 1 aliphatic rings. The Morgan fingerprint density at radius 1 is 1.08 bits per heavy atom. The van der Waals surface area contributed by atoms with Crippen molar-refractivity contribution in [3.05, 3.63) is 47.5 Å². The van der Waals surface area contributed by atoms with E-state index >= 15 is 0 Å². The molecule has 1 unspecified atom stereocenters. The number of hydrogen-bond acceptors (Lipinski definition) is 4. The van der Waals surface area contributed by atoms with Crippen LogP contribution in [0.15, 0.2) is 30.3 Å². The van der Waals surface area contributed by atoms with Crippen LogP contribution in [0.4, 0.5) is 5.69 Å². The Balaban J connectivity index is 1.74. The van der Waals surface area contributed by atoms with Gasteiger partial charge in [0.1, 0.15) is 5.82 Å². The summed E-state index contributed by atoms with van der Waals surface area (Å²) in [7, 11) is 4.17. The van der Waals surface area contributed by atoms with Gasteiger partial charge in [-0.25, -0.2) is 4.98 Å². The minimum absolute atomic E-state index is 0.374. The molecule has 3 rings (SSSR count). The van der Waals surface area contributed by atoms with Gasteiger partial charge in [0, 0.05) is 45.5 Å². The second-order valence-corrected chi connectivity index (χ2v) is 6.62. The molecule has 130 valence electrons. The van der Waals surface area contributed by atoms with Gasteiger partial charge in [-0.2, -0.15) is 0 Å². The summed E-state index contributed by atoms with van der Waals surface area (Å²) in [6.45, 7) is 9.45. The highest BCUT2D eigenvalue weighted by Crippen LogP contribution is 2.26. The summed E-state index contributed by atoms with van der Waals surface area (Å²) < 4.78 is 2.25. The molecular weight excluding hydrogens is 298 g/mol. The molecule has 1 saturated heterocycles. The van der Waals surface area contributed by atoms with Crippen LogP contribution < -0.4 is 10.2 Å². The molecule has 1 N–H and O–H groups in total. The topological polar surface area (TPSA) is 36.3 Å². The normalized spacial score (nSPS) is 17.2. The van der Waals surface area contributed by atoms with Crippen molar-refractivity contribution in [3.63, 3.8) is 0 Å². The van der Waals surface area contributed by atoms with Crippen molar-refractivity contribution in [2.75, 3.05) is 44.7 Å². The molecule has 0 spiro atoms. The quantitative estimate of drug-likeness (QED) is 0.913. The smallest absolute Gasteiger partial charge is 0.105 e. The van der Waals surface area contributed by atoms with E-state index in [-0.39, 0.29) is 0 Å². The zero-order chi connectivity index (χ0) is 17.1. The van der Waals surface area contributed by atoms with Crippen molar-refractivity contribution in [3.8, 4) is 0 Å². The molecule has 1 aromatic carbocycles. The summed E-state index contributed by atoms with van der Waals surface area (Å²) in [5.74, 6) is 1.09. The minimum Gasteiger partial charge on any atom is -0.369 e. The highest BCUT2D eigenvalue weighted by atomic mass is 15.3. The first kappa shape index (κ1) is 17.0. The first-order valence-electron chi connectivity index (χ1n) is 8.80. The highest BCUT2D eigenvalue weighted by molar-refractivity contribution is 5.46. The van der Waals surface area contributed by atoms with E-state index in [0.717, 1.165) is 44.2 Å². The van der Waals surface area contributed by atoms with E-state index in [1.807, 2.05) is 7.05 Å². The molecule has 0 saturated carbocycles. The maximum atomic E-state index is 4.67. The Bertz CT molecular complexity index is 656. The SMILES string of the molecule is CNCC(c1c(C)nc(C)n1C)N1CCN(c2ccccc2)CC1. The molecule has 1 aliphatic heterocycles. The van der Waals surface area contributed by atoms with Gasteiger partial charge in [0.15, 0.2) is 0 Å². The number of rotatable bonds is 5. The predicted octanol–water partition coefficient (Wildman–Crippen LogP) is 2.12. The first-order valence-corrected chi connectivity index (χ1v) is 8.80. The number of nitrogens with one attached hydrogen (secondary N) is 1. The van der Waals surface area contributed by atoms with Gasteiger partial charge >= 0.3 is 0 Å². The lowest BCUT2D eigenvalue weighted by molar-refractivity contribution is 0.177. The van der Waals surface area contributed by atoms with E-state index in [2.05, 4.69) is 75.9 Å². The first-order chi connectivity index (χ1) is 11.6.